The summed E-state index contributed by atoms with van der Waals surface area (Å²) in [6.45, 7) is 0.876. The highest BCUT2D eigenvalue weighted by molar-refractivity contribution is 6.16. The average Bonchev–Trinajstić information content (AvgIpc) is 2.90. The molecule has 3 heteroatoms. The predicted octanol–water partition coefficient (Wildman–Crippen LogP) is 0.474. The number of hydrogen-bond donors (Lipinski definition) is 0. The van der Waals surface area contributed by atoms with Crippen LogP contribution in [0.25, 0.3) is 0 Å². The summed E-state index contributed by atoms with van der Waals surface area (Å²) in [7, 11) is 1.01. The van der Waals surface area contributed by atoms with Crippen LogP contribution in [-0.4, -0.2) is 28.4 Å². The van der Waals surface area contributed by atoms with Crippen LogP contribution in [0.3, 0.4) is 0 Å². The summed E-state index contributed by atoms with van der Waals surface area (Å²) >= 11 is 0. The quantitative estimate of drug-likeness (QED) is 0.487. The third-order valence-electron chi connectivity index (χ3n) is 3.48. The third-order valence-corrected chi connectivity index (χ3v) is 4.94. The fourth-order valence-corrected chi connectivity index (χ4v) is 3.59. The summed E-state index contributed by atoms with van der Waals surface area (Å²) in [5.74, 6) is 0.882. The molecule has 0 amide bonds. The van der Waals surface area contributed by atoms with Crippen LogP contribution >= 0.6 is 0 Å². The molecule has 2 nitrogen and oxygen atoms in total. The molecule has 74 valence electrons. The van der Waals surface area contributed by atoms with Crippen LogP contribution < -0.4 is 0 Å². The summed E-state index contributed by atoms with van der Waals surface area (Å²) < 4.78 is 5.85. The zero-order chi connectivity index (χ0) is 9.31. The fraction of sp³-hybridized carbons (Fsp3) is 0.900. The van der Waals surface area contributed by atoms with Crippen molar-refractivity contribution >= 4 is 16.5 Å². The molecule has 0 bridgehead atoms. The van der Waals surface area contributed by atoms with Gasteiger partial charge in [0.05, 0.1) is 5.22 Å². The molecule has 2 rings (SSSR count). The maximum atomic E-state index is 11.0. The third kappa shape index (κ3) is 1.86. The van der Waals surface area contributed by atoms with Gasteiger partial charge >= 0.3 is 0 Å². The molecule has 2 atom stereocenters. The van der Waals surface area contributed by atoms with Crippen molar-refractivity contribution in [2.45, 2.75) is 37.3 Å². The number of carbonyl (C=O) groups is 1. The minimum absolute atomic E-state index is 0.00116. The SMILES string of the molecule is O=CC(C1CC1)C1([SiH3])CCCCO1. The molecule has 1 aliphatic carbocycles. The number of rotatable bonds is 3. The van der Waals surface area contributed by atoms with E-state index in [0.29, 0.717) is 5.92 Å². The van der Waals surface area contributed by atoms with Crippen LogP contribution in [0.2, 0.25) is 0 Å². The lowest BCUT2D eigenvalue weighted by atomic mass is 9.92. The summed E-state index contributed by atoms with van der Waals surface area (Å²) in [5.41, 5.74) is 0. The molecule has 0 aromatic carbocycles. The molecule has 2 fully saturated rings. The Morgan fingerprint density at radius 1 is 1.46 bits per heavy atom. The Morgan fingerprint density at radius 2 is 2.23 bits per heavy atom. The van der Waals surface area contributed by atoms with E-state index < -0.39 is 0 Å². The average molecular weight is 198 g/mol. The molecular formula is C10H18O2Si. The first-order chi connectivity index (χ1) is 6.26. The molecule has 0 aromatic heterocycles. The second-order valence-electron chi connectivity index (χ2n) is 4.62. The minimum Gasteiger partial charge on any atom is -0.379 e. The standard InChI is InChI=1S/C10H18O2Si/c11-7-9(8-3-4-8)10(13)5-1-2-6-12-10/h7-9H,1-6H2,13H3. The highest BCUT2D eigenvalue weighted by atomic mass is 28.1. The van der Waals surface area contributed by atoms with Gasteiger partial charge in [0.2, 0.25) is 0 Å². The van der Waals surface area contributed by atoms with Crippen molar-refractivity contribution in [3.8, 4) is 0 Å². The van der Waals surface area contributed by atoms with Gasteiger partial charge in [0, 0.05) is 22.8 Å². The van der Waals surface area contributed by atoms with Gasteiger partial charge in [-0.25, -0.2) is 0 Å². The van der Waals surface area contributed by atoms with Gasteiger partial charge in [-0.2, -0.15) is 0 Å². The second kappa shape index (κ2) is 3.54. The van der Waals surface area contributed by atoms with Crippen molar-refractivity contribution in [1.82, 2.24) is 0 Å². The van der Waals surface area contributed by atoms with E-state index in [2.05, 4.69) is 0 Å². The highest BCUT2D eigenvalue weighted by Gasteiger charge is 2.44. The number of ether oxygens (including phenoxy) is 1. The van der Waals surface area contributed by atoms with Crippen LogP contribution in [0.5, 0.6) is 0 Å². The van der Waals surface area contributed by atoms with E-state index in [0.717, 1.165) is 29.6 Å². The lowest BCUT2D eigenvalue weighted by Gasteiger charge is -2.38. The molecular weight excluding hydrogens is 180 g/mol. The molecule has 1 saturated carbocycles. The van der Waals surface area contributed by atoms with Crippen molar-refractivity contribution in [3.05, 3.63) is 0 Å². The van der Waals surface area contributed by atoms with Crippen LogP contribution in [0.4, 0.5) is 0 Å². The summed E-state index contributed by atoms with van der Waals surface area (Å²) in [4.78, 5) is 11.0. The highest BCUT2D eigenvalue weighted by Crippen LogP contribution is 2.44. The number of aldehydes is 1. The topological polar surface area (TPSA) is 26.3 Å². The monoisotopic (exact) mass is 198 g/mol. The largest absolute Gasteiger partial charge is 0.379 e. The lowest BCUT2D eigenvalue weighted by molar-refractivity contribution is -0.123. The minimum atomic E-state index is 0.00116. The van der Waals surface area contributed by atoms with E-state index >= 15 is 0 Å². The van der Waals surface area contributed by atoms with Crippen molar-refractivity contribution in [2.24, 2.45) is 11.8 Å². The molecule has 13 heavy (non-hydrogen) atoms. The first kappa shape index (κ1) is 9.40. The van der Waals surface area contributed by atoms with Gasteiger partial charge in [0.15, 0.2) is 0 Å². The van der Waals surface area contributed by atoms with Gasteiger partial charge in [-0.05, 0) is 38.0 Å². The fourth-order valence-electron chi connectivity index (χ4n) is 2.43. The van der Waals surface area contributed by atoms with Crippen LogP contribution in [-0.2, 0) is 9.53 Å². The predicted molar refractivity (Wildman–Crippen MR) is 54.8 cm³/mol. The van der Waals surface area contributed by atoms with E-state index in [1.54, 1.807) is 0 Å². The zero-order valence-electron chi connectivity index (χ0n) is 8.29. The van der Waals surface area contributed by atoms with Crippen LogP contribution in [0.15, 0.2) is 0 Å². The molecule has 2 unspecified atom stereocenters. The van der Waals surface area contributed by atoms with Gasteiger partial charge in [0.25, 0.3) is 0 Å². The van der Waals surface area contributed by atoms with Gasteiger partial charge < -0.3 is 9.53 Å². The molecule has 0 radical (unpaired) electrons. The molecule has 1 heterocycles. The van der Waals surface area contributed by atoms with Gasteiger partial charge in [-0.3, -0.25) is 0 Å². The van der Waals surface area contributed by atoms with E-state index in [1.807, 2.05) is 0 Å². The van der Waals surface area contributed by atoms with Crippen molar-refractivity contribution in [1.29, 1.82) is 0 Å². The first-order valence-corrected chi connectivity index (χ1v) is 6.35. The van der Waals surface area contributed by atoms with E-state index in [1.165, 1.54) is 25.7 Å². The summed E-state index contributed by atoms with van der Waals surface area (Å²) in [6.07, 6.45) is 7.21. The van der Waals surface area contributed by atoms with Gasteiger partial charge in [-0.15, -0.1) is 0 Å². The maximum Gasteiger partial charge on any atom is 0.125 e. The molecule has 0 spiro atoms. The Labute approximate surface area is 82.5 Å². The number of carbonyl (C=O) groups excluding carboxylic acids is 1. The lowest BCUT2D eigenvalue weighted by Crippen LogP contribution is -2.46. The van der Waals surface area contributed by atoms with Crippen molar-refractivity contribution in [2.75, 3.05) is 6.61 Å². The number of hydrogen-bond acceptors (Lipinski definition) is 2. The maximum absolute atomic E-state index is 11.0. The second-order valence-corrected chi connectivity index (χ2v) is 6.31. The molecule has 1 saturated heterocycles. The molecule has 0 N–H and O–H groups in total. The Hall–Kier alpha value is -0.153. The normalized spacial score (nSPS) is 37.2. The van der Waals surface area contributed by atoms with Crippen LogP contribution in [0, 0.1) is 11.8 Å². The molecule has 0 aromatic rings. The van der Waals surface area contributed by atoms with E-state index in [9.17, 15) is 4.79 Å². The van der Waals surface area contributed by atoms with Gasteiger partial charge in [0.1, 0.15) is 6.29 Å². The van der Waals surface area contributed by atoms with Crippen molar-refractivity contribution in [3.63, 3.8) is 0 Å². The van der Waals surface area contributed by atoms with Crippen LogP contribution in [0.1, 0.15) is 32.1 Å². The van der Waals surface area contributed by atoms with Crippen molar-refractivity contribution < 1.29 is 9.53 Å². The Bertz CT molecular complexity index is 195. The Kier molecular flexibility index (Phi) is 2.56. The van der Waals surface area contributed by atoms with E-state index in [-0.39, 0.29) is 11.1 Å². The molecule has 1 aliphatic heterocycles. The Morgan fingerprint density at radius 3 is 2.69 bits per heavy atom. The summed E-state index contributed by atoms with van der Waals surface area (Å²) in [5, 5.41) is 0.00116. The molecule has 2 aliphatic rings. The first-order valence-electron chi connectivity index (χ1n) is 5.35. The summed E-state index contributed by atoms with van der Waals surface area (Å²) in [6, 6.07) is 0. The smallest absolute Gasteiger partial charge is 0.125 e. The van der Waals surface area contributed by atoms with Gasteiger partial charge in [-0.1, -0.05) is 0 Å². The van der Waals surface area contributed by atoms with E-state index in [4.69, 9.17) is 4.74 Å². The Balaban J connectivity index is 2.04. The zero-order valence-corrected chi connectivity index (χ0v) is 10.3.